The fraction of sp³-hybridized carbons (Fsp3) is 1.00. The number of rotatable bonds is 0. The summed E-state index contributed by atoms with van der Waals surface area (Å²) in [5, 5.41) is 10.9. The van der Waals surface area contributed by atoms with Crippen LogP contribution < -0.4 is 0 Å². The minimum absolute atomic E-state index is 0.152. The highest BCUT2D eigenvalue weighted by Gasteiger charge is 2.08. The number of thioether (sulfide) groups is 3. The van der Waals surface area contributed by atoms with E-state index < -0.39 is 0 Å². The van der Waals surface area contributed by atoms with Crippen LogP contribution in [0.1, 0.15) is 0 Å². The summed E-state index contributed by atoms with van der Waals surface area (Å²) in [4.78, 5) is 0. The lowest BCUT2D eigenvalue weighted by atomic mass is 11.7. The molecule has 0 unspecified atom stereocenters. The minimum atomic E-state index is -0.152. The molecule has 1 saturated heterocycles. The molecular weight excluding hydrogens is 148 g/mol. The van der Waals surface area contributed by atoms with Crippen molar-refractivity contribution in [1.82, 2.24) is 0 Å². The molecular formula is C3H6OS3. The lowest BCUT2D eigenvalue weighted by Gasteiger charge is -2.13. The van der Waals surface area contributed by atoms with Crippen molar-refractivity contribution in [3.8, 4) is 0 Å². The van der Waals surface area contributed by atoms with Crippen molar-refractivity contribution in [2.45, 2.75) is 4.77 Å². The Labute approximate surface area is 55.6 Å². The van der Waals surface area contributed by atoms with Gasteiger partial charge < -0.3 is 5.11 Å². The Morgan fingerprint density at radius 3 is 2.14 bits per heavy atom. The molecule has 0 saturated carbocycles. The lowest BCUT2D eigenvalue weighted by molar-refractivity contribution is 0.346. The van der Waals surface area contributed by atoms with Crippen LogP contribution in [-0.4, -0.2) is 20.0 Å². The number of aliphatic hydroxyl groups is 1. The molecule has 0 aromatic carbocycles. The van der Waals surface area contributed by atoms with E-state index in [1.54, 1.807) is 23.5 Å². The minimum Gasteiger partial charge on any atom is -0.373 e. The van der Waals surface area contributed by atoms with Gasteiger partial charge in [0, 0.05) is 10.2 Å². The zero-order valence-electron chi connectivity index (χ0n) is 3.66. The Kier molecular flexibility index (Phi) is 2.73. The molecule has 1 N–H and O–H groups in total. The molecule has 0 amide bonds. The third-order valence-electron chi connectivity index (χ3n) is 0.588. The maximum atomic E-state index is 8.82. The molecule has 1 rings (SSSR count). The SMILES string of the molecule is OC1SCSCS1. The second-order valence-corrected chi connectivity index (χ2v) is 5.23. The zero-order valence-corrected chi connectivity index (χ0v) is 6.11. The summed E-state index contributed by atoms with van der Waals surface area (Å²) in [5.74, 6) is 0. The summed E-state index contributed by atoms with van der Waals surface area (Å²) in [7, 11) is 0. The monoisotopic (exact) mass is 154 g/mol. The first-order valence-corrected chi connectivity index (χ1v) is 5.14. The summed E-state index contributed by atoms with van der Waals surface area (Å²) < 4.78 is -0.152. The maximum absolute atomic E-state index is 8.82. The summed E-state index contributed by atoms with van der Waals surface area (Å²) >= 11 is 5.06. The number of hydrogen-bond donors (Lipinski definition) is 1. The molecule has 4 heteroatoms. The van der Waals surface area contributed by atoms with Crippen LogP contribution >= 0.6 is 35.3 Å². The van der Waals surface area contributed by atoms with Gasteiger partial charge in [0.1, 0.15) is 4.77 Å². The van der Waals surface area contributed by atoms with E-state index in [1.165, 1.54) is 0 Å². The molecule has 0 aromatic heterocycles. The smallest absolute Gasteiger partial charge is 0.148 e. The Morgan fingerprint density at radius 2 is 1.86 bits per heavy atom. The van der Waals surface area contributed by atoms with Gasteiger partial charge in [0.25, 0.3) is 0 Å². The van der Waals surface area contributed by atoms with E-state index in [4.69, 9.17) is 5.11 Å². The average molecular weight is 154 g/mol. The number of aliphatic hydroxyl groups excluding tert-OH is 1. The van der Waals surface area contributed by atoms with Crippen molar-refractivity contribution < 1.29 is 5.11 Å². The molecule has 0 aromatic rings. The fourth-order valence-corrected chi connectivity index (χ4v) is 4.27. The zero-order chi connectivity index (χ0) is 5.11. The molecule has 1 aliphatic rings. The third kappa shape index (κ3) is 2.17. The van der Waals surface area contributed by atoms with E-state index in [-0.39, 0.29) is 4.77 Å². The molecule has 1 heterocycles. The van der Waals surface area contributed by atoms with Crippen molar-refractivity contribution >= 4 is 35.3 Å². The molecule has 0 atom stereocenters. The summed E-state index contributed by atoms with van der Waals surface area (Å²) in [5.41, 5.74) is 0. The molecule has 7 heavy (non-hydrogen) atoms. The molecule has 0 spiro atoms. The molecule has 1 nitrogen and oxygen atoms in total. The Bertz CT molecular complexity index is 52.1. The second kappa shape index (κ2) is 3.12. The van der Waals surface area contributed by atoms with Gasteiger partial charge in [-0.25, -0.2) is 0 Å². The standard InChI is InChI=1S/C3H6OS3/c4-3-6-1-5-2-7-3/h3-4H,1-2H2. The van der Waals surface area contributed by atoms with Gasteiger partial charge in [0.2, 0.25) is 0 Å². The summed E-state index contributed by atoms with van der Waals surface area (Å²) in [6.07, 6.45) is 0. The van der Waals surface area contributed by atoms with Crippen LogP contribution in [0, 0.1) is 0 Å². The third-order valence-corrected chi connectivity index (χ3v) is 4.40. The summed E-state index contributed by atoms with van der Waals surface area (Å²) in [6.45, 7) is 0. The Morgan fingerprint density at radius 1 is 1.29 bits per heavy atom. The van der Waals surface area contributed by atoms with Crippen LogP contribution in [0.25, 0.3) is 0 Å². The van der Waals surface area contributed by atoms with E-state index in [2.05, 4.69) is 0 Å². The Hall–Kier alpha value is 1.01. The van der Waals surface area contributed by atoms with Gasteiger partial charge in [0.05, 0.1) is 0 Å². The van der Waals surface area contributed by atoms with Crippen molar-refractivity contribution in [1.29, 1.82) is 0 Å². The highest BCUT2D eigenvalue weighted by Crippen LogP contribution is 2.33. The topological polar surface area (TPSA) is 20.2 Å². The first kappa shape index (κ1) is 6.13. The van der Waals surface area contributed by atoms with Gasteiger partial charge in [-0.2, -0.15) is 0 Å². The molecule has 0 aliphatic carbocycles. The van der Waals surface area contributed by atoms with Gasteiger partial charge >= 0.3 is 0 Å². The van der Waals surface area contributed by atoms with Crippen LogP contribution in [0.15, 0.2) is 0 Å². The largest absolute Gasteiger partial charge is 0.373 e. The van der Waals surface area contributed by atoms with Crippen molar-refractivity contribution in [3.05, 3.63) is 0 Å². The van der Waals surface area contributed by atoms with Gasteiger partial charge in [0.15, 0.2) is 0 Å². The number of hydrogen-bond acceptors (Lipinski definition) is 4. The predicted octanol–water partition coefficient (Wildman–Crippen LogP) is 1.39. The van der Waals surface area contributed by atoms with Crippen LogP contribution in [0.2, 0.25) is 0 Å². The maximum Gasteiger partial charge on any atom is 0.148 e. The van der Waals surface area contributed by atoms with Gasteiger partial charge in [-0.05, 0) is 0 Å². The van der Waals surface area contributed by atoms with Crippen LogP contribution in [-0.2, 0) is 0 Å². The van der Waals surface area contributed by atoms with E-state index in [9.17, 15) is 0 Å². The molecule has 1 fully saturated rings. The quantitative estimate of drug-likeness (QED) is 0.568. The molecule has 0 bridgehead atoms. The van der Waals surface area contributed by atoms with E-state index in [0.717, 1.165) is 10.2 Å². The lowest BCUT2D eigenvalue weighted by Crippen LogP contribution is -1.99. The highest BCUT2D eigenvalue weighted by molar-refractivity contribution is 8.32. The average Bonchev–Trinajstić information content (AvgIpc) is 1.69. The van der Waals surface area contributed by atoms with E-state index in [1.807, 2.05) is 11.8 Å². The molecule has 42 valence electrons. The highest BCUT2D eigenvalue weighted by atomic mass is 32.3. The Balaban J connectivity index is 2.12. The summed E-state index contributed by atoms with van der Waals surface area (Å²) in [6, 6.07) is 0. The van der Waals surface area contributed by atoms with E-state index >= 15 is 0 Å². The van der Waals surface area contributed by atoms with Gasteiger partial charge in [-0.1, -0.05) is 0 Å². The van der Waals surface area contributed by atoms with E-state index in [0.29, 0.717) is 0 Å². The van der Waals surface area contributed by atoms with Crippen LogP contribution in [0.4, 0.5) is 0 Å². The predicted molar refractivity (Wildman–Crippen MR) is 38.5 cm³/mol. The first-order valence-electron chi connectivity index (χ1n) is 1.88. The fourth-order valence-electron chi connectivity index (χ4n) is 0.295. The second-order valence-electron chi connectivity index (χ2n) is 1.08. The van der Waals surface area contributed by atoms with Crippen molar-refractivity contribution in [2.75, 3.05) is 10.2 Å². The van der Waals surface area contributed by atoms with Crippen LogP contribution in [0.3, 0.4) is 0 Å². The normalized spacial score (nSPS) is 25.3. The van der Waals surface area contributed by atoms with Crippen molar-refractivity contribution in [2.24, 2.45) is 0 Å². The van der Waals surface area contributed by atoms with Crippen LogP contribution in [0.5, 0.6) is 0 Å². The van der Waals surface area contributed by atoms with Crippen molar-refractivity contribution in [3.63, 3.8) is 0 Å². The van der Waals surface area contributed by atoms with Gasteiger partial charge in [-0.3, -0.25) is 0 Å². The molecule has 0 radical (unpaired) electrons. The van der Waals surface area contributed by atoms with Gasteiger partial charge in [-0.15, -0.1) is 35.3 Å². The first-order chi connectivity index (χ1) is 3.39. The molecule has 1 aliphatic heterocycles.